The van der Waals surface area contributed by atoms with Crippen molar-refractivity contribution in [1.29, 1.82) is 0 Å². The molecule has 3 heterocycles. The van der Waals surface area contributed by atoms with E-state index in [-0.39, 0.29) is 11.9 Å². The highest BCUT2D eigenvalue weighted by molar-refractivity contribution is 5.99. The van der Waals surface area contributed by atoms with Crippen molar-refractivity contribution in [3.8, 4) is 0 Å². The van der Waals surface area contributed by atoms with E-state index in [1.54, 1.807) is 6.20 Å². The molecule has 0 spiro atoms. The van der Waals surface area contributed by atoms with Gasteiger partial charge in [-0.05, 0) is 57.1 Å². The molecule has 126 valence electrons. The fourth-order valence-electron chi connectivity index (χ4n) is 3.72. The topological polar surface area (TPSA) is 62.5 Å². The summed E-state index contributed by atoms with van der Waals surface area (Å²) < 4.78 is 0. The number of aromatic nitrogens is 1. The smallest absolute Gasteiger partial charge is 0.257 e. The van der Waals surface area contributed by atoms with Crippen LogP contribution >= 0.6 is 0 Å². The molecule has 0 radical (unpaired) electrons. The molecule has 3 rings (SSSR count). The van der Waals surface area contributed by atoms with Gasteiger partial charge in [-0.2, -0.15) is 0 Å². The molecule has 0 aliphatic carbocycles. The number of rotatable bonds is 3. The summed E-state index contributed by atoms with van der Waals surface area (Å²) in [6.07, 6.45) is 7.59. The Hall–Kier alpha value is -1.62. The van der Waals surface area contributed by atoms with E-state index >= 15 is 0 Å². The molecule has 0 aromatic carbocycles. The van der Waals surface area contributed by atoms with Gasteiger partial charge in [0.15, 0.2) is 0 Å². The molecule has 0 saturated carbocycles. The van der Waals surface area contributed by atoms with Crippen molar-refractivity contribution in [2.75, 3.05) is 31.1 Å². The summed E-state index contributed by atoms with van der Waals surface area (Å²) in [6.45, 7) is 5.64. The van der Waals surface area contributed by atoms with Gasteiger partial charge in [0.05, 0.1) is 5.56 Å². The fraction of sp³-hybridized carbons (Fsp3) is 0.667. The van der Waals surface area contributed by atoms with Crippen LogP contribution in [0.5, 0.6) is 0 Å². The molecule has 1 aromatic rings. The van der Waals surface area contributed by atoms with Crippen LogP contribution in [0, 0.1) is 5.92 Å². The summed E-state index contributed by atoms with van der Waals surface area (Å²) in [6, 6.07) is 3.93. The first-order chi connectivity index (χ1) is 11.2. The fourth-order valence-corrected chi connectivity index (χ4v) is 3.72. The van der Waals surface area contributed by atoms with E-state index in [2.05, 4.69) is 9.88 Å². The lowest BCUT2D eigenvalue weighted by Crippen LogP contribution is -2.45. The molecule has 5 heteroatoms. The Labute approximate surface area is 138 Å². The summed E-state index contributed by atoms with van der Waals surface area (Å²) in [5.41, 5.74) is 6.81. The van der Waals surface area contributed by atoms with Crippen LogP contribution in [0.4, 0.5) is 5.82 Å². The van der Waals surface area contributed by atoms with Crippen LogP contribution in [0.1, 0.15) is 49.4 Å². The number of likely N-dealkylation sites (tertiary alicyclic amines) is 1. The number of nitrogens with two attached hydrogens (primary N) is 1. The minimum atomic E-state index is 0.115. The van der Waals surface area contributed by atoms with Gasteiger partial charge < -0.3 is 15.5 Å². The molecule has 2 aliphatic heterocycles. The second kappa shape index (κ2) is 7.30. The lowest BCUT2D eigenvalue weighted by molar-refractivity contribution is 0.0661. The van der Waals surface area contributed by atoms with Gasteiger partial charge in [0, 0.05) is 38.4 Å². The molecule has 2 N–H and O–H groups in total. The average molecular weight is 316 g/mol. The van der Waals surface area contributed by atoms with Gasteiger partial charge in [0.1, 0.15) is 5.82 Å². The van der Waals surface area contributed by atoms with Crippen LogP contribution in [0.3, 0.4) is 0 Å². The van der Waals surface area contributed by atoms with Crippen LogP contribution < -0.4 is 10.6 Å². The van der Waals surface area contributed by atoms with Gasteiger partial charge in [0.2, 0.25) is 0 Å². The van der Waals surface area contributed by atoms with E-state index in [1.807, 2.05) is 24.0 Å². The molecule has 2 saturated heterocycles. The molecule has 2 aliphatic rings. The predicted molar refractivity (Wildman–Crippen MR) is 92.6 cm³/mol. The minimum Gasteiger partial charge on any atom is -0.356 e. The highest BCUT2D eigenvalue weighted by Crippen LogP contribution is 2.25. The Balaban J connectivity index is 1.79. The zero-order valence-electron chi connectivity index (χ0n) is 14.1. The summed E-state index contributed by atoms with van der Waals surface area (Å²) in [5, 5.41) is 0. The van der Waals surface area contributed by atoms with Crippen molar-refractivity contribution >= 4 is 11.7 Å². The molecule has 5 nitrogen and oxygen atoms in total. The van der Waals surface area contributed by atoms with Crippen LogP contribution in [0.15, 0.2) is 18.3 Å². The number of nitrogens with zero attached hydrogens (tertiary/aromatic N) is 3. The van der Waals surface area contributed by atoms with Gasteiger partial charge in [0.25, 0.3) is 5.91 Å². The van der Waals surface area contributed by atoms with Crippen molar-refractivity contribution in [2.45, 2.75) is 45.1 Å². The SMILES string of the molecule is CC(N)C1CCCN(C(=O)c2cccnc2N2CCCCC2)C1. The molecule has 1 amide bonds. The third-order valence-corrected chi connectivity index (χ3v) is 5.16. The minimum absolute atomic E-state index is 0.115. The summed E-state index contributed by atoms with van der Waals surface area (Å²) >= 11 is 0. The zero-order chi connectivity index (χ0) is 16.2. The van der Waals surface area contributed by atoms with Gasteiger partial charge in [-0.3, -0.25) is 4.79 Å². The van der Waals surface area contributed by atoms with Crippen molar-refractivity contribution < 1.29 is 4.79 Å². The van der Waals surface area contributed by atoms with Crippen LogP contribution in [-0.2, 0) is 0 Å². The Kier molecular flexibility index (Phi) is 5.16. The number of anilines is 1. The maximum Gasteiger partial charge on any atom is 0.257 e. The Morgan fingerprint density at radius 3 is 2.78 bits per heavy atom. The predicted octanol–water partition coefficient (Wildman–Crippen LogP) is 2.27. The molecule has 2 atom stereocenters. The number of piperidine rings is 2. The summed E-state index contributed by atoms with van der Waals surface area (Å²) in [4.78, 5) is 21.8. The lowest BCUT2D eigenvalue weighted by atomic mass is 9.92. The van der Waals surface area contributed by atoms with E-state index in [9.17, 15) is 4.79 Å². The highest BCUT2D eigenvalue weighted by atomic mass is 16.2. The third kappa shape index (κ3) is 3.66. The third-order valence-electron chi connectivity index (χ3n) is 5.16. The summed E-state index contributed by atoms with van der Waals surface area (Å²) in [5.74, 6) is 1.38. The Morgan fingerprint density at radius 1 is 1.26 bits per heavy atom. The van der Waals surface area contributed by atoms with Gasteiger partial charge in [-0.1, -0.05) is 0 Å². The van der Waals surface area contributed by atoms with Crippen molar-refractivity contribution in [3.63, 3.8) is 0 Å². The second-order valence-corrected chi connectivity index (χ2v) is 6.93. The van der Waals surface area contributed by atoms with Crippen LogP contribution in [0.2, 0.25) is 0 Å². The number of pyridine rings is 1. The monoisotopic (exact) mass is 316 g/mol. The largest absolute Gasteiger partial charge is 0.356 e. The average Bonchev–Trinajstić information content (AvgIpc) is 2.62. The maximum absolute atomic E-state index is 13.0. The van der Waals surface area contributed by atoms with Gasteiger partial charge >= 0.3 is 0 Å². The van der Waals surface area contributed by atoms with E-state index in [0.717, 1.165) is 50.4 Å². The second-order valence-electron chi connectivity index (χ2n) is 6.93. The van der Waals surface area contributed by atoms with Crippen molar-refractivity contribution in [3.05, 3.63) is 23.9 Å². The maximum atomic E-state index is 13.0. The highest BCUT2D eigenvalue weighted by Gasteiger charge is 2.29. The first kappa shape index (κ1) is 16.2. The molecule has 23 heavy (non-hydrogen) atoms. The number of carbonyl (C=O) groups is 1. The number of hydrogen-bond donors (Lipinski definition) is 1. The quantitative estimate of drug-likeness (QED) is 0.929. The zero-order valence-corrected chi connectivity index (χ0v) is 14.1. The van der Waals surface area contributed by atoms with E-state index in [0.29, 0.717) is 5.92 Å². The normalized spacial score (nSPS) is 23.7. The van der Waals surface area contributed by atoms with Crippen molar-refractivity contribution in [2.24, 2.45) is 11.7 Å². The molecule has 1 aromatic heterocycles. The van der Waals surface area contributed by atoms with Crippen LogP contribution in [0.25, 0.3) is 0 Å². The van der Waals surface area contributed by atoms with E-state index < -0.39 is 0 Å². The van der Waals surface area contributed by atoms with Gasteiger partial charge in [-0.25, -0.2) is 4.98 Å². The molecule has 2 fully saturated rings. The first-order valence-electron chi connectivity index (χ1n) is 8.91. The number of amides is 1. The molecular weight excluding hydrogens is 288 g/mol. The lowest BCUT2D eigenvalue weighted by Gasteiger charge is -2.36. The number of hydrogen-bond acceptors (Lipinski definition) is 4. The van der Waals surface area contributed by atoms with Gasteiger partial charge in [-0.15, -0.1) is 0 Å². The van der Waals surface area contributed by atoms with E-state index in [1.165, 1.54) is 19.3 Å². The first-order valence-corrected chi connectivity index (χ1v) is 8.91. The molecule has 2 unspecified atom stereocenters. The molecule has 0 bridgehead atoms. The Bertz CT molecular complexity index is 540. The van der Waals surface area contributed by atoms with E-state index in [4.69, 9.17) is 5.73 Å². The van der Waals surface area contributed by atoms with Crippen LogP contribution in [-0.4, -0.2) is 48.0 Å². The standard InChI is InChI=1S/C18H28N4O/c1-14(19)15-7-6-12-22(13-15)18(23)16-8-5-9-20-17(16)21-10-3-2-4-11-21/h5,8-9,14-15H,2-4,6-7,10-13,19H2,1H3. The summed E-state index contributed by atoms with van der Waals surface area (Å²) in [7, 11) is 0. The number of carbonyl (C=O) groups excluding carboxylic acids is 1. The van der Waals surface area contributed by atoms with Crippen molar-refractivity contribution in [1.82, 2.24) is 9.88 Å². The Morgan fingerprint density at radius 2 is 2.04 bits per heavy atom. The molecular formula is C18H28N4O.